The predicted octanol–water partition coefficient (Wildman–Crippen LogP) is 4.75. The van der Waals surface area contributed by atoms with Crippen molar-refractivity contribution in [3.8, 4) is 0 Å². The molecule has 0 fully saturated rings. The van der Waals surface area contributed by atoms with Gasteiger partial charge in [0.05, 0.1) is 0 Å². The molecule has 0 radical (unpaired) electrons. The van der Waals surface area contributed by atoms with Crippen LogP contribution >= 0.6 is 0 Å². The molecule has 5 nitrogen and oxygen atoms in total. The maximum atomic E-state index is 4.35. The van der Waals surface area contributed by atoms with Crippen LogP contribution < -0.4 is 0 Å². The molecule has 0 aliphatic carbocycles. The van der Waals surface area contributed by atoms with Gasteiger partial charge in [0.1, 0.15) is 0 Å². The average molecular weight is 322 g/mol. The first-order valence-electron chi connectivity index (χ1n) is 6.60. The topological polar surface area (TPSA) is 70.5 Å². The van der Waals surface area contributed by atoms with Crippen LogP contribution in [-0.2, 0) is 21.7 Å². The molecule has 0 amide bonds. The molecule has 0 bridgehead atoms. The van der Waals surface area contributed by atoms with Gasteiger partial charge in [0.2, 0.25) is 0 Å². The van der Waals surface area contributed by atoms with Gasteiger partial charge in [0, 0.05) is 21.7 Å². The van der Waals surface area contributed by atoms with E-state index in [-0.39, 0.29) is 27.9 Å². The van der Waals surface area contributed by atoms with Gasteiger partial charge in [-0.1, -0.05) is 27.7 Å². The number of hydrogen-bond acceptors (Lipinski definition) is 0. The van der Waals surface area contributed by atoms with Crippen LogP contribution in [-0.4, -0.2) is 60.5 Å². The third-order valence-corrected chi connectivity index (χ3v) is 1.03. The second-order valence-corrected chi connectivity index (χ2v) is 4.46. The Bertz CT molecular complexity index is 109. The predicted molar refractivity (Wildman–Crippen MR) is 92.1 cm³/mol. The quantitative estimate of drug-likeness (QED) is 0.670. The van der Waals surface area contributed by atoms with Crippen LogP contribution in [0, 0.1) is 0 Å². The molecule has 0 aromatic rings. The second-order valence-electron chi connectivity index (χ2n) is 4.46. The molecule has 6 heteroatoms. The van der Waals surface area contributed by atoms with Gasteiger partial charge in [-0.15, -0.1) is 19.0 Å². The zero-order valence-corrected chi connectivity index (χ0v) is 17.0. The van der Waals surface area contributed by atoms with Crippen molar-refractivity contribution in [1.82, 2.24) is 0 Å². The molecule has 0 aromatic carbocycles. The summed E-state index contributed by atoms with van der Waals surface area (Å²) in [5.41, 5.74) is 0. The molecule has 0 N–H and O–H groups in total. The van der Waals surface area contributed by atoms with Crippen molar-refractivity contribution in [2.24, 2.45) is 0 Å². The smallest absolute Gasteiger partial charge is 0 e. The van der Waals surface area contributed by atoms with Gasteiger partial charge in [-0.05, 0) is 0 Å². The Hall–Kier alpha value is 0.514. The molecule has 0 spiro atoms. The Morgan fingerprint density at radius 3 is 0.750 bits per heavy atom. The van der Waals surface area contributed by atoms with Crippen molar-refractivity contribution < 1.29 is 21.7 Å². The average Bonchev–Trinajstić information content (AvgIpc) is 2.17. The number of rotatable bonds is 4. The van der Waals surface area contributed by atoms with Gasteiger partial charge in [-0.3, -0.25) is 0 Å². The largest absolute Gasteiger partial charge is 0.676 e. The maximum Gasteiger partial charge on any atom is 0 e. The summed E-state index contributed by atoms with van der Waals surface area (Å²) in [7, 11) is 10.5. The standard InChI is InChI=1S/C8H18N2.3C2H6N.Ti/c1-6(2)9-8(5)10-7(3)4;3*1-3-2;/h6-8H,1-5H3;3*1-2H3;/q-2;3*-1;. The molecule has 0 aliphatic heterocycles. The Labute approximate surface area is 143 Å². The van der Waals surface area contributed by atoms with Crippen molar-refractivity contribution in [1.29, 1.82) is 0 Å². The van der Waals surface area contributed by atoms with E-state index < -0.39 is 0 Å². The summed E-state index contributed by atoms with van der Waals surface area (Å²) in [6, 6.07) is 0.801. The van der Waals surface area contributed by atoms with E-state index in [9.17, 15) is 0 Å². The van der Waals surface area contributed by atoms with Crippen LogP contribution in [0.15, 0.2) is 0 Å². The van der Waals surface area contributed by atoms with Crippen LogP contribution in [0.2, 0.25) is 0 Å². The second kappa shape index (κ2) is 31.8. The summed E-state index contributed by atoms with van der Waals surface area (Å²) in [5.74, 6) is 0. The molecular formula is C14H36N5Ti-5. The Balaban J connectivity index is -0.0000000626. The zero-order valence-electron chi connectivity index (χ0n) is 15.5. The molecular weight excluding hydrogens is 286 g/mol. The third-order valence-electron chi connectivity index (χ3n) is 1.03. The van der Waals surface area contributed by atoms with Crippen LogP contribution in [0.4, 0.5) is 0 Å². The molecule has 0 rings (SSSR count). The summed E-state index contributed by atoms with van der Waals surface area (Å²) >= 11 is 0. The van der Waals surface area contributed by atoms with E-state index in [0.717, 1.165) is 0 Å². The van der Waals surface area contributed by atoms with E-state index in [1.54, 1.807) is 42.3 Å². The van der Waals surface area contributed by atoms with E-state index in [1.807, 2.05) is 6.92 Å². The van der Waals surface area contributed by atoms with E-state index in [4.69, 9.17) is 0 Å². The normalized spacial score (nSPS) is 8.70. The van der Waals surface area contributed by atoms with Crippen LogP contribution in [0.3, 0.4) is 0 Å². The minimum Gasteiger partial charge on any atom is -0.676 e. The van der Waals surface area contributed by atoms with Crippen LogP contribution in [0.1, 0.15) is 34.6 Å². The minimum absolute atomic E-state index is 0. The molecule has 0 aliphatic rings. The minimum atomic E-state index is 0. The van der Waals surface area contributed by atoms with Crippen molar-refractivity contribution >= 4 is 0 Å². The summed E-state index contributed by atoms with van der Waals surface area (Å²) < 4.78 is 0. The zero-order chi connectivity index (χ0) is 16.3. The maximum absolute atomic E-state index is 4.35. The molecule has 20 heavy (non-hydrogen) atoms. The Morgan fingerprint density at radius 1 is 0.500 bits per heavy atom. The SMILES string of the molecule is CC(C)[N-]C(C)[N-]C(C)C.C[N-]C.C[N-]C.C[N-]C.[Ti]. The van der Waals surface area contributed by atoms with E-state index in [0.29, 0.717) is 12.1 Å². The van der Waals surface area contributed by atoms with Crippen LogP contribution in [0.25, 0.3) is 26.6 Å². The van der Waals surface area contributed by atoms with Gasteiger partial charge in [-0.2, -0.15) is 42.3 Å². The fourth-order valence-corrected chi connectivity index (χ4v) is 0.901. The van der Waals surface area contributed by atoms with Crippen molar-refractivity contribution in [2.45, 2.75) is 52.9 Å². The fraction of sp³-hybridized carbons (Fsp3) is 1.00. The molecule has 0 atom stereocenters. The molecule has 0 aromatic heterocycles. The number of nitrogens with zero attached hydrogens (tertiary/aromatic N) is 5. The fourth-order valence-electron chi connectivity index (χ4n) is 0.901. The van der Waals surface area contributed by atoms with Gasteiger partial charge in [0.15, 0.2) is 0 Å². The Kier molecular flexibility index (Phi) is 51.5. The summed E-state index contributed by atoms with van der Waals surface area (Å²) in [6.07, 6.45) is 0.167. The van der Waals surface area contributed by atoms with E-state index >= 15 is 0 Å². The molecule has 0 unspecified atom stereocenters. The molecule has 0 saturated heterocycles. The summed E-state index contributed by atoms with van der Waals surface area (Å²) in [4.78, 5) is 0. The summed E-state index contributed by atoms with van der Waals surface area (Å²) in [5, 5.41) is 19.2. The van der Waals surface area contributed by atoms with E-state index in [1.165, 1.54) is 0 Å². The van der Waals surface area contributed by atoms with Crippen LogP contribution in [0.5, 0.6) is 0 Å². The van der Waals surface area contributed by atoms with Crippen molar-refractivity contribution in [3.05, 3.63) is 26.6 Å². The van der Waals surface area contributed by atoms with Gasteiger partial charge in [0.25, 0.3) is 0 Å². The van der Waals surface area contributed by atoms with Crippen molar-refractivity contribution in [3.63, 3.8) is 0 Å². The molecule has 0 saturated carbocycles. The first-order valence-corrected chi connectivity index (χ1v) is 6.60. The third kappa shape index (κ3) is 78.3. The van der Waals surface area contributed by atoms with Crippen molar-refractivity contribution in [2.75, 3.05) is 42.3 Å². The summed E-state index contributed by atoms with van der Waals surface area (Å²) in [6.45, 7) is 10.3. The first kappa shape index (κ1) is 32.5. The molecule has 126 valence electrons. The monoisotopic (exact) mass is 322 g/mol. The number of hydrogen-bond donors (Lipinski definition) is 0. The van der Waals surface area contributed by atoms with Gasteiger partial charge in [-0.25, -0.2) is 6.17 Å². The molecule has 0 heterocycles. The first-order chi connectivity index (χ1) is 8.76. The van der Waals surface area contributed by atoms with Gasteiger partial charge >= 0.3 is 0 Å². The Morgan fingerprint density at radius 2 is 0.650 bits per heavy atom. The van der Waals surface area contributed by atoms with Gasteiger partial charge < -0.3 is 26.6 Å². The van der Waals surface area contributed by atoms with E-state index in [2.05, 4.69) is 54.3 Å².